The van der Waals surface area contributed by atoms with E-state index in [2.05, 4.69) is 30.2 Å². The fraction of sp³-hybridized carbons (Fsp3) is 0.357. The summed E-state index contributed by atoms with van der Waals surface area (Å²) in [5.41, 5.74) is 2.42. The minimum Gasteiger partial charge on any atom is -0.468 e. The second-order valence-corrected chi connectivity index (χ2v) is 4.08. The van der Waals surface area contributed by atoms with Crippen molar-refractivity contribution in [3.8, 4) is 0 Å². The molecule has 0 saturated heterocycles. The van der Waals surface area contributed by atoms with Gasteiger partial charge in [0.2, 0.25) is 0 Å². The van der Waals surface area contributed by atoms with Crippen molar-refractivity contribution in [2.75, 3.05) is 0 Å². The number of nitrogens with zero attached hydrogens (tertiary/aromatic N) is 1. The predicted molar refractivity (Wildman–Crippen MR) is 67.6 cm³/mol. The van der Waals surface area contributed by atoms with Crippen LogP contribution in [0.5, 0.6) is 0 Å². The molecular weight excluding hydrogens is 212 g/mol. The lowest BCUT2D eigenvalue weighted by molar-refractivity contribution is 0.428. The molecule has 2 rings (SSSR count). The molecular formula is C14H18N2O. The molecule has 0 aliphatic carbocycles. The number of aryl methyl sites for hydroxylation is 1. The lowest BCUT2D eigenvalue weighted by Crippen LogP contribution is -2.19. The average molecular weight is 230 g/mol. The highest BCUT2D eigenvalue weighted by Crippen LogP contribution is 2.13. The summed E-state index contributed by atoms with van der Waals surface area (Å²) in [6, 6.07) is 8.21. The molecule has 0 saturated carbocycles. The predicted octanol–water partition coefficient (Wildman–Crippen LogP) is 3.09. The van der Waals surface area contributed by atoms with Gasteiger partial charge in [-0.25, -0.2) is 0 Å². The fourth-order valence-electron chi connectivity index (χ4n) is 1.84. The fourth-order valence-corrected chi connectivity index (χ4v) is 1.84. The Kier molecular flexibility index (Phi) is 3.94. The van der Waals surface area contributed by atoms with E-state index in [0.717, 1.165) is 24.4 Å². The number of furan rings is 1. The third-order valence-electron chi connectivity index (χ3n) is 2.91. The Hall–Kier alpha value is -1.61. The maximum absolute atomic E-state index is 5.36. The van der Waals surface area contributed by atoms with Crippen molar-refractivity contribution < 1.29 is 4.42 Å². The quantitative estimate of drug-likeness (QED) is 0.857. The van der Waals surface area contributed by atoms with Crippen LogP contribution in [0.2, 0.25) is 0 Å². The van der Waals surface area contributed by atoms with Crippen molar-refractivity contribution in [2.45, 2.75) is 32.9 Å². The van der Waals surface area contributed by atoms with Crippen molar-refractivity contribution in [2.24, 2.45) is 0 Å². The van der Waals surface area contributed by atoms with Gasteiger partial charge in [0.15, 0.2) is 0 Å². The van der Waals surface area contributed by atoms with E-state index < -0.39 is 0 Å². The van der Waals surface area contributed by atoms with Gasteiger partial charge in [0, 0.05) is 12.7 Å². The minimum absolute atomic E-state index is 0.205. The summed E-state index contributed by atoms with van der Waals surface area (Å²) in [5.74, 6) is 0.957. The maximum atomic E-state index is 5.36. The lowest BCUT2D eigenvalue weighted by atomic mass is 10.1. The number of rotatable bonds is 5. The first-order valence-electron chi connectivity index (χ1n) is 6.00. The molecule has 2 heterocycles. The standard InChI is InChI=1S/C14H18N2O/c1-3-12-6-4-8-15-13(12)10-16-11(2)14-7-5-9-17-14/h4-9,11,16H,3,10H2,1-2H3. The number of nitrogens with one attached hydrogen (secondary N) is 1. The van der Waals surface area contributed by atoms with Crippen LogP contribution in [0.25, 0.3) is 0 Å². The van der Waals surface area contributed by atoms with Gasteiger partial charge in [0.1, 0.15) is 5.76 Å². The summed E-state index contributed by atoms with van der Waals surface area (Å²) in [4.78, 5) is 4.41. The van der Waals surface area contributed by atoms with Crippen LogP contribution in [0, 0.1) is 0 Å². The van der Waals surface area contributed by atoms with Gasteiger partial charge in [-0.15, -0.1) is 0 Å². The second-order valence-electron chi connectivity index (χ2n) is 4.08. The van der Waals surface area contributed by atoms with Crippen LogP contribution in [0.1, 0.15) is 36.9 Å². The summed E-state index contributed by atoms with van der Waals surface area (Å²) in [6.07, 6.45) is 4.56. The molecule has 3 heteroatoms. The third kappa shape index (κ3) is 2.94. The van der Waals surface area contributed by atoms with Crippen molar-refractivity contribution in [1.29, 1.82) is 0 Å². The molecule has 0 aliphatic rings. The highest BCUT2D eigenvalue weighted by atomic mass is 16.3. The molecule has 1 N–H and O–H groups in total. The van der Waals surface area contributed by atoms with Gasteiger partial charge >= 0.3 is 0 Å². The van der Waals surface area contributed by atoms with Crippen LogP contribution < -0.4 is 5.32 Å². The zero-order valence-electron chi connectivity index (χ0n) is 10.3. The van der Waals surface area contributed by atoms with Gasteiger partial charge in [-0.1, -0.05) is 13.0 Å². The van der Waals surface area contributed by atoms with Crippen LogP contribution >= 0.6 is 0 Å². The summed E-state index contributed by atoms with van der Waals surface area (Å²) < 4.78 is 5.36. The van der Waals surface area contributed by atoms with E-state index in [4.69, 9.17) is 4.42 Å². The molecule has 3 nitrogen and oxygen atoms in total. The molecule has 90 valence electrons. The second kappa shape index (κ2) is 5.64. The van der Waals surface area contributed by atoms with Crippen molar-refractivity contribution in [1.82, 2.24) is 10.3 Å². The first-order valence-corrected chi connectivity index (χ1v) is 6.00. The maximum Gasteiger partial charge on any atom is 0.120 e. The molecule has 0 radical (unpaired) electrons. The summed E-state index contributed by atoms with van der Waals surface area (Å²) in [7, 11) is 0. The number of hydrogen-bond donors (Lipinski definition) is 1. The topological polar surface area (TPSA) is 38.1 Å². The van der Waals surface area contributed by atoms with E-state index in [1.807, 2.05) is 24.4 Å². The van der Waals surface area contributed by atoms with E-state index in [0.29, 0.717) is 0 Å². The minimum atomic E-state index is 0.205. The zero-order valence-corrected chi connectivity index (χ0v) is 10.3. The number of pyridine rings is 1. The van der Waals surface area contributed by atoms with Gasteiger partial charge in [-0.05, 0) is 37.1 Å². The molecule has 17 heavy (non-hydrogen) atoms. The molecule has 0 aliphatic heterocycles. The van der Waals surface area contributed by atoms with Crippen LogP contribution in [-0.4, -0.2) is 4.98 Å². The van der Waals surface area contributed by atoms with Gasteiger partial charge in [-0.2, -0.15) is 0 Å². The Bertz CT molecular complexity index is 451. The smallest absolute Gasteiger partial charge is 0.120 e. The Morgan fingerprint density at radius 2 is 2.24 bits per heavy atom. The third-order valence-corrected chi connectivity index (χ3v) is 2.91. The molecule has 0 aromatic carbocycles. The molecule has 0 spiro atoms. The number of hydrogen-bond acceptors (Lipinski definition) is 3. The number of aromatic nitrogens is 1. The van der Waals surface area contributed by atoms with Crippen LogP contribution in [0.4, 0.5) is 0 Å². The zero-order chi connectivity index (χ0) is 12.1. The SMILES string of the molecule is CCc1cccnc1CNC(C)c1ccco1. The molecule has 0 bridgehead atoms. The Balaban J connectivity index is 1.98. The van der Waals surface area contributed by atoms with E-state index in [1.54, 1.807) is 6.26 Å². The Morgan fingerprint density at radius 1 is 1.35 bits per heavy atom. The van der Waals surface area contributed by atoms with E-state index in [9.17, 15) is 0 Å². The van der Waals surface area contributed by atoms with Crippen molar-refractivity contribution in [3.63, 3.8) is 0 Å². The normalized spacial score (nSPS) is 12.6. The van der Waals surface area contributed by atoms with Crippen LogP contribution in [0.3, 0.4) is 0 Å². The first-order chi connectivity index (χ1) is 8.31. The summed E-state index contributed by atoms with van der Waals surface area (Å²) in [5, 5.41) is 3.42. The van der Waals surface area contributed by atoms with Gasteiger partial charge < -0.3 is 9.73 Å². The Morgan fingerprint density at radius 3 is 2.94 bits per heavy atom. The van der Waals surface area contributed by atoms with Crippen molar-refractivity contribution >= 4 is 0 Å². The monoisotopic (exact) mass is 230 g/mol. The largest absolute Gasteiger partial charge is 0.468 e. The van der Waals surface area contributed by atoms with Crippen LogP contribution in [0.15, 0.2) is 41.1 Å². The average Bonchev–Trinajstić information content (AvgIpc) is 2.90. The summed E-state index contributed by atoms with van der Waals surface area (Å²) >= 11 is 0. The van der Waals surface area contributed by atoms with Gasteiger partial charge in [0.25, 0.3) is 0 Å². The van der Waals surface area contributed by atoms with Crippen LogP contribution in [-0.2, 0) is 13.0 Å². The molecule has 0 amide bonds. The lowest BCUT2D eigenvalue weighted by Gasteiger charge is -2.12. The van der Waals surface area contributed by atoms with Gasteiger partial charge in [-0.3, -0.25) is 4.98 Å². The van der Waals surface area contributed by atoms with E-state index >= 15 is 0 Å². The van der Waals surface area contributed by atoms with E-state index in [1.165, 1.54) is 5.56 Å². The van der Waals surface area contributed by atoms with E-state index in [-0.39, 0.29) is 6.04 Å². The van der Waals surface area contributed by atoms with Crippen molar-refractivity contribution in [3.05, 3.63) is 53.7 Å². The highest BCUT2D eigenvalue weighted by molar-refractivity contribution is 5.19. The molecule has 1 atom stereocenters. The highest BCUT2D eigenvalue weighted by Gasteiger charge is 2.08. The Labute approximate surface area is 102 Å². The molecule has 2 aromatic rings. The molecule has 0 fully saturated rings. The molecule has 1 unspecified atom stereocenters. The first kappa shape index (κ1) is 11.9. The summed E-state index contributed by atoms with van der Waals surface area (Å²) in [6.45, 7) is 5.01. The molecule has 2 aromatic heterocycles. The van der Waals surface area contributed by atoms with Gasteiger partial charge in [0.05, 0.1) is 18.0 Å².